The van der Waals surface area contributed by atoms with Crippen LogP contribution in [0.3, 0.4) is 0 Å². The van der Waals surface area contributed by atoms with Crippen LogP contribution in [-0.4, -0.2) is 67.1 Å². The van der Waals surface area contributed by atoms with Gasteiger partial charge in [-0.25, -0.2) is 0 Å². The zero-order valence-corrected chi connectivity index (χ0v) is 17.9. The zero-order valence-electron chi connectivity index (χ0n) is 15.6. The molecule has 1 fully saturated rings. The van der Waals surface area contributed by atoms with Crippen molar-refractivity contribution < 1.29 is 9.47 Å². The number of aliphatic imine (C=N–C) groups is 1. The summed E-state index contributed by atoms with van der Waals surface area (Å²) in [6.07, 6.45) is 7.30. The summed E-state index contributed by atoms with van der Waals surface area (Å²) in [5.41, 5.74) is 1.12. The van der Waals surface area contributed by atoms with Crippen molar-refractivity contribution in [1.82, 2.24) is 20.0 Å². The molecule has 0 bridgehead atoms. The molecule has 1 atom stereocenters. The summed E-state index contributed by atoms with van der Waals surface area (Å²) in [5, 5.41) is 7.65. The molecule has 0 radical (unpaired) electrons. The highest BCUT2D eigenvalue weighted by atomic mass is 127. The van der Waals surface area contributed by atoms with E-state index in [0.717, 1.165) is 63.6 Å². The Hall–Kier alpha value is -0.870. The van der Waals surface area contributed by atoms with E-state index in [-0.39, 0.29) is 30.1 Å². The number of morpholine rings is 1. The fourth-order valence-electron chi connectivity index (χ4n) is 2.80. The predicted molar refractivity (Wildman–Crippen MR) is 111 cm³/mol. The first-order valence-electron chi connectivity index (χ1n) is 8.87. The van der Waals surface area contributed by atoms with Gasteiger partial charge in [0.15, 0.2) is 5.96 Å². The van der Waals surface area contributed by atoms with Crippen LogP contribution in [0.25, 0.3) is 0 Å². The average molecular weight is 465 g/mol. The highest BCUT2D eigenvalue weighted by Gasteiger charge is 2.25. The number of hydrogen-bond donors (Lipinski definition) is 1. The second-order valence-corrected chi connectivity index (χ2v) is 6.04. The van der Waals surface area contributed by atoms with Crippen LogP contribution < -0.4 is 5.32 Å². The standard InChI is InChI=1S/C17H31N5O2.HI/c1-4-18-17(19-8-6-5-7-10-23-3)22-9-11-24-16(14-22)15-12-20-21(2)13-15;/h12-13,16H,4-11,14H2,1-3H3,(H,18,19);1H. The summed E-state index contributed by atoms with van der Waals surface area (Å²) in [5.74, 6) is 0.987. The molecule has 25 heavy (non-hydrogen) atoms. The maximum Gasteiger partial charge on any atom is 0.194 e. The Balaban J connectivity index is 0.00000312. The van der Waals surface area contributed by atoms with Gasteiger partial charge in [0.05, 0.1) is 19.3 Å². The summed E-state index contributed by atoms with van der Waals surface area (Å²) >= 11 is 0. The Morgan fingerprint density at radius 3 is 2.96 bits per heavy atom. The van der Waals surface area contributed by atoms with Crippen molar-refractivity contribution in [2.75, 3.05) is 46.5 Å². The number of aryl methyl sites for hydroxylation is 1. The molecule has 1 aliphatic heterocycles. The molecule has 1 saturated heterocycles. The first-order valence-corrected chi connectivity index (χ1v) is 8.87. The van der Waals surface area contributed by atoms with E-state index >= 15 is 0 Å². The Bertz CT molecular complexity index is 509. The Morgan fingerprint density at radius 2 is 2.28 bits per heavy atom. The van der Waals surface area contributed by atoms with Crippen LogP contribution in [0.1, 0.15) is 37.9 Å². The molecular weight excluding hydrogens is 433 g/mol. The lowest BCUT2D eigenvalue weighted by Crippen LogP contribution is -2.48. The highest BCUT2D eigenvalue weighted by Crippen LogP contribution is 2.21. The smallest absolute Gasteiger partial charge is 0.194 e. The molecule has 8 heteroatoms. The van der Waals surface area contributed by atoms with Gasteiger partial charge in [0.1, 0.15) is 6.10 Å². The minimum absolute atomic E-state index is 0. The summed E-state index contributed by atoms with van der Waals surface area (Å²) in [6.45, 7) is 7.04. The molecule has 0 aromatic carbocycles. The third-order valence-corrected chi connectivity index (χ3v) is 4.07. The minimum Gasteiger partial charge on any atom is -0.385 e. The summed E-state index contributed by atoms with van der Waals surface area (Å²) < 4.78 is 12.8. The van der Waals surface area contributed by atoms with Gasteiger partial charge in [-0.05, 0) is 26.2 Å². The van der Waals surface area contributed by atoms with Crippen molar-refractivity contribution in [2.45, 2.75) is 32.3 Å². The Morgan fingerprint density at radius 1 is 1.44 bits per heavy atom. The fraction of sp³-hybridized carbons (Fsp3) is 0.765. The van der Waals surface area contributed by atoms with Crippen LogP contribution in [-0.2, 0) is 16.5 Å². The maximum atomic E-state index is 5.91. The monoisotopic (exact) mass is 465 g/mol. The van der Waals surface area contributed by atoms with E-state index in [1.165, 1.54) is 0 Å². The number of halogens is 1. The number of unbranched alkanes of at least 4 members (excludes halogenated alkanes) is 2. The third kappa shape index (κ3) is 7.49. The molecule has 2 rings (SSSR count). The van der Waals surface area contributed by atoms with Gasteiger partial charge in [0, 0.05) is 52.2 Å². The lowest BCUT2D eigenvalue weighted by molar-refractivity contribution is -0.00804. The average Bonchev–Trinajstić information content (AvgIpc) is 3.03. The van der Waals surface area contributed by atoms with Crippen LogP contribution in [0.5, 0.6) is 0 Å². The molecular formula is C17H32IN5O2. The Labute approximate surface area is 168 Å². The summed E-state index contributed by atoms with van der Waals surface area (Å²) in [6, 6.07) is 0. The van der Waals surface area contributed by atoms with E-state index in [9.17, 15) is 0 Å². The molecule has 1 aromatic heterocycles. The van der Waals surface area contributed by atoms with Crippen molar-refractivity contribution in [3.05, 3.63) is 18.0 Å². The molecule has 7 nitrogen and oxygen atoms in total. The van der Waals surface area contributed by atoms with Crippen LogP contribution in [0.2, 0.25) is 0 Å². The second kappa shape index (κ2) is 12.5. The van der Waals surface area contributed by atoms with Crippen molar-refractivity contribution in [3.63, 3.8) is 0 Å². The van der Waals surface area contributed by atoms with Gasteiger partial charge in [-0.2, -0.15) is 5.10 Å². The van der Waals surface area contributed by atoms with Gasteiger partial charge in [-0.3, -0.25) is 9.67 Å². The fourth-order valence-corrected chi connectivity index (χ4v) is 2.80. The molecule has 144 valence electrons. The topological polar surface area (TPSA) is 63.9 Å². The normalized spacial score (nSPS) is 18.1. The molecule has 1 unspecified atom stereocenters. The number of hydrogen-bond acceptors (Lipinski definition) is 4. The number of nitrogens with zero attached hydrogens (tertiary/aromatic N) is 4. The van der Waals surface area contributed by atoms with E-state index in [1.807, 2.05) is 24.1 Å². The van der Waals surface area contributed by atoms with Crippen LogP contribution in [0.15, 0.2) is 17.4 Å². The van der Waals surface area contributed by atoms with Gasteiger partial charge >= 0.3 is 0 Å². The molecule has 2 heterocycles. The minimum atomic E-state index is 0. The van der Waals surface area contributed by atoms with E-state index in [1.54, 1.807) is 7.11 Å². The van der Waals surface area contributed by atoms with Gasteiger partial charge in [0.2, 0.25) is 0 Å². The largest absolute Gasteiger partial charge is 0.385 e. The van der Waals surface area contributed by atoms with Crippen molar-refractivity contribution in [3.8, 4) is 0 Å². The summed E-state index contributed by atoms with van der Waals surface area (Å²) in [7, 11) is 3.68. The van der Waals surface area contributed by atoms with Crippen LogP contribution in [0.4, 0.5) is 0 Å². The van der Waals surface area contributed by atoms with Gasteiger partial charge < -0.3 is 19.7 Å². The molecule has 1 aromatic rings. The molecule has 0 spiro atoms. The van der Waals surface area contributed by atoms with Crippen molar-refractivity contribution >= 4 is 29.9 Å². The third-order valence-electron chi connectivity index (χ3n) is 4.07. The zero-order chi connectivity index (χ0) is 17.2. The first kappa shape index (κ1) is 22.2. The molecule has 1 aliphatic rings. The lowest BCUT2D eigenvalue weighted by Gasteiger charge is -2.34. The lowest BCUT2D eigenvalue weighted by atomic mass is 10.1. The van der Waals surface area contributed by atoms with E-state index in [4.69, 9.17) is 14.5 Å². The van der Waals surface area contributed by atoms with Crippen LogP contribution >= 0.6 is 24.0 Å². The highest BCUT2D eigenvalue weighted by molar-refractivity contribution is 14.0. The van der Waals surface area contributed by atoms with Crippen molar-refractivity contribution in [1.29, 1.82) is 0 Å². The van der Waals surface area contributed by atoms with Gasteiger partial charge in [0.25, 0.3) is 0 Å². The number of guanidine groups is 1. The number of aromatic nitrogens is 2. The SMILES string of the molecule is CCNC(=NCCCCCOC)N1CCOC(c2cnn(C)c2)C1.I. The summed E-state index contributed by atoms with van der Waals surface area (Å²) in [4.78, 5) is 7.07. The van der Waals surface area contributed by atoms with E-state index in [2.05, 4.69) is 22.2 Å². The number of methoxy groups -OCH3 is 1. The number of nitrogens with one attached hydrogen (secondary N) is 1. The van der Waals surface area contributed by atoms with Crippen LogP contribution in [0, 0.1) is 0 Å². The predicted octanol–water partition coefficient (Wildman–Crippen LogP) is 2.19. The van der Waals surface area contributed by atoms with Gasteiger partial charge in [-0.1, -0.05) is 0 Å². The molecule has 1 N–H and O–H groups in total. The molecule has 0 aliphatic carbocycles. The molecule has 0 amide bonds. The van der Waals surface area contributed by atoms with E-state index in [0.29, 0.717) is 6.61 Å². The Kier molecular flexibility index (Phi) is 11.1. The quantitative estimate of drug-likeness (QED) is 0.276. The maximum absolute atomic E-state index is 5.91. The van der Waals surface area contributed by atoms with Crippen molar-refractivity contribution in [2.24, 2.45) is 12.0 Å². The second-order valence-electron chi connectivity index (χ2n) is 6.04. The number of ether oxygens (including phenoxy) is 2. The first-order chi connectivity index (χ1) is 11.7. The van der Waals surface area contributed by atoms with E-state index < -0.39 is 0 Å². The van der Waals surface area contributed by atoms with Gasteiger partial charge in [-0.15, -0.1) is 24.0 Å². The number of rotatable bonds is 8. The molecule has 0 saturated carbocycles.